The summed E-state index contributed by atoms with van der Waals surface area (Å²) in [5, 5.41) is 0.319. The Kier molecular flexibility index (Phi) is 4.56. The van der Waals surface area contributed by atoms with Gasteiger partial charge in [0, 0.05) is 22.8 Å². The molecule has 1 aliphatic rings. The minimum Gasteiger partial charge on any atom is -0.399 e. The molecule has 0 bridgehead atoms. The molecular formula is C18H20BClFNO3. The Morgan fingerprint density at radius 3 is 2.36 bits per heavy atom. The van der Waals surface area contributed by atoms with Crippen LogP contribution in [0.25, 0.3) is 0 Å². The van der Waals surface area contributed by atoms with Crippen LogP contribution in [0.5, 0.6) is 0 Å². The standard InChI is InChI=1S/C18H20BClFNO3/c1-17(2)18(3,4)25-19(24-17)13-6-8-16(23)22(11-13)10-12-5-7-14(20)9-15(12)21/h5-9,11H,10H2,1-4H3. The molecule has 4 nitrogen and oxygen atoms in total. The summed E-state index contributed by atoms with van der Waals surface area (Å²) in [6.45, 7) is 7.96. The summed E-state index contributed by atoms with van der Waals surface area (Å²) in [7, 11) is -0.577. The van der Waals surface area contributed by atoms with E-state index in [2.05, 4.69) is 0 Å². The van der Waals surface area contributed by atoms with Gasteiger partial charge in [-0.3, -0.25) is 4.79 Å². The number of pyridine rings is 1. The summed E-state index contributed by atoms with van der Waals surface area (Å²) in [5.74, 6) is -0.444. The Bertz CT molecular complexity index is 850. The summed E-state index contributed by atoms with van der Waals surface area (Å²) in [6.07, 6.45) is 1.65. The fraction of sp³-hybridized carbons (Fsp3) is 0.389. The van der Waals surface area contributed by atoms with E-state index in [0.29, 0.717) is 16.0 Å². The van der Waals surface area contributed by atoms with Gasteiger partial charge >= 0.3 is 7.12 Å². The Hall–Kier alpha value is -1.63. The molecule has 1 fully saturated rings. The van der Waals surface area contributed by atoms with Crippen molar-refractivity contribution in [3.8, 4) is 0 Å². The minimum atomic E-state index is -0.577. The summed E-state index contributed by atoms with van der Waals surface area (Å²) in [4.78, 5) is 12.2. The lowest BCUT2D eigenvalue weighted by Gasteiger charge is -2.32. The van der Waals surface area contributed by atoms with Crippen molar-refractivity contribution in [1.29, 1.82) is 0 Å². The lowest BCUT2D eigenvalue weighted by Crippen LogP contribution is -2.41. The Balaban J connectivity index is 1.90. The number of halogens is 2. The third-order valence-corrected chi connectivity index (χ3v) is 5.12. The molecule has 7 heteroatoms. The van der Waals surface area contributed by atoms with E-state index in [1.54, 1.807) is 24.4 Å². The summed E-state index contributed by atoms with van der Waals surface area (Å²) in [6, 6.07) is 7.53. The molecule has 0 atom stereocenters. The maximum absolute atomic E-state index is 14.0. The second kappa shape index (κ2) is 6.27. The maximum atomic E-state index is 14.0. The first-order valence-electron chi connectivity index (χ1n) is 8.09. The lowest BCUT2D eigenvalue weighted by atomic mass is 9.80. The normalized spacial score (nSPS) is 18.6. The molecule has 1 saturated heterocycles. The third kappa shape index (κ3) is 3.52. The minimum absolute atomic E-state index is 0.106. The molecule has 0 unspecified atom stereocenters. The van der Waals surface area contributed by atoms with E-state index in [1.165, 1.54) is 16.7 Å². The van der Waals surface area contributed by atoms with Gasteiger partial charge in [-0.05, 0) is 45.3 Å². The monoisotopic (exact) mass is 363 g/mol. The number of hydrogen-bond donors (Lipinski definition) is 0. The molecule has 0 spiro atoms. The summed E-state index contributed by atoms with van der Waals surface area (Å²) < 4.78 is 27.5. The van der Waals surface area contributed by atoms with Crippen LogP contribution >= 0.6 is 11.6 Å². The Morgan fingerprint density at radius 2 is 1.76 bits per heavy atom. The van der Waals surface area contributed by atoms with Crippen molar-refractivity contribution in [1.82, 2.24) is 4.57 Å². The Labute approximate surface area is 151 Å². The summed E-state index contributed by atoms with van der Waals surface area (Å²) in [5.41, 5.74) is -0.0678. The van der Waals surface area contributed by atoms with Gasteiger partial charge in [-0.2, -0.15) is 0 Å². The van der Waals surface area contributed by atoms with Gasteiger partial charge in [0.05, 0.1) is 17.7 Å². The molecule has 132 valence electrons. The highest BCUT2D eigenvalue weighted by Crippen LogP contribution is 2.36. The molecule has 2 heterocycles. The number of benzene rings is 1. The van der Waals surface area contributed by atoms with Crippen LogP contribution in [-0.4, -0.2) is 22.9 Å². The second-order valence-corrected chi connectivity index (χ2v) is 7.69. The van der Waals surface area contributed by atoms with Gasteiger partial charge in [-0.25, -0.2) is 4.39 Å². The van der Waals surface area contributed by atoms with Crippen LogP contribution in [0.4, 0.5) is 4.39 Å². The fourth-order valence-corrected chi connectivity index (χ4v) is 2.78. The van der Waals surface area contributed by atoms with Gasteiger partial charge in [0.2, 0.25) is 0 Å². The van der Waals surface area contributed by atoms with Gasteiger partial charge in [-0.15, -0.1) is 0 Å². The fourth-order valence-electron chi connectivity index (χ4n) is 2.63. The van der Waals surface area contributed by atoms with Crippen LogP contribution in [-0.2, 0) is 15.9 Å². The van der Waals surface area contributed by atoms with E-state index >= 15 is 0 Å². The van der Waals surface area contributed by atoms with Crippen LogP contribution in [0.15, 0.2) is 41.3 Å². The van der Waals surface area contributed by atoms with E-state index in [4.69, 9.17) is 20.9 Å². The van der Waals surface area contributed by atoms with Gasteiger partial charge in [0.25, 0.3) is 5.56 Å². The van der Waals surface area contributed by atoms with Crippen LogP contribution in [0.2, 0.25) is 5.02 Å². The third-order valence-electron chi connectivity index (χ3n) is 4.89. The van der Waals surface area contributed by atoms with Crippen molar-refractivity contribution < 1.29 is 13.7 Å². The highest BCUT2D eigenvalue weighted by atomic mass is 35.5. The molecule has 1 aromatic heterocycles. The van der Waals surface area contributed by atoms with Gasteiger partial charge in [0.1, 0.15) is 5.82 Å². The van der Waals surface area contributed by atoms with Crippen molar-refractivity contribution in [3.63, 3.8) is 0 Å². The molecule has 0 saturated carbocycles. The summed E-state index contributed by atoms with van der Waals surface area (Å²) >= 11 is 5.77. The first kappa shape index (κ1) is 18.2. The van der Waals surface area contributed by atoms with Gasteiger partial charge < -0.3 is 13.9 Å². The van der Waals surface area contributed by atoms with E-state index in [0.717, 1.165) is 0 Å². The molecule has 1 aromatic carbocycles. The average molecular weight is 364 g/mol. The smallest absolute Gasteiger partial charge is 0.399 e. The molecule has 0 radical (unpaired) electrons. The van der Waals surface area contributed by atoms with E-state index < -0.39 is 24.1 Å². The van der Waals surface area contributed by atoms with Crippen LogP contribution < -0.4 is 11.0 Å². The first-order valence-corrected chi connectivity index (χ1v) is 8.47. The highest BCUT2D eigenvalue weighted by molar-refractivity contribution is 6.62. The predicted octanol–water partition coefficient (Wildman–Crippen LogP) is 2.99. The number of rotatable bonds is 3. The average Bonchev–Trinajstić information content (AvgIpc) is 2.72. The molecular weight excluding hydrogens is 343 g/mol. The van der Waals surface area contributed by atoms with Crippen molar-refractivity contribution in [2.45, 2.75) is 45.4 Å². The van der Waals surface area contributed by atoms with Crippen LogP contribution in [0.1, 0.15) is 33.3 Å². The van der Waals surface area contributed by atoms with E-state index in [-0.39, 0.29) is 12.1 Å². The van der Waals surface area contributed by atoms with Crippen molar-refractivity contribution >= 4 is 24.2 Å². The van der Waals surface area contributed by atoms with Gasteiger partial charge in [0.15, 0.2) is 0 Å². The largest absolute Gasteiger partial charge is 0.496 e. The number of hydrogen-bond acceptors (Lipinski definition) is 3. The van der Waals surface area contributed by atoms with Crippen LogP contribution in [0, 0.1) is 5.82 Å². The molecule has 0 amide bonds. The molecule has 3 rings (SSSR count). The second-order valence-electron chi connectivity index (χ2n) is 7.25. The molecule has 0 N–H and O–H groups in total. The number of aromatic nitrogens is 1. The zero-order chi connectivity index (χ0) is 18.4. The zero-order valence-corrected chi connectivity index (χ0v) is 15.4. The van der Waals surface area contributed by atoms with Crippen molar-refractivity contribution in [2.24, 2.45) is 0 Å². The van der Waals surface area contributed by atoms with Crippen LogP contribution in [0.3, 0.4) is 0 Å². The molecule has 0 aliphatic carbocycles. The lowest BCUT2D eigenvalue weighted by molar-refractivity contribution is 0.00578. The highest BCUT2D eigenvalue weighted by Gasteiger charge is 2.51. The quantitative estimate of drug-likeness (QED) is 0.787. The maximum Gasteiger partial charge on any atom is 0.496 e. The van der Waals surface area contributed by atoms with E-state index in [9.17, 15) is 9.18 Å². The molecule has 2 aromatic rings. The zero-order valence-electron chi connectivity index (χ0n) is 14.7. The molecule has 1 aliphatic heterocycles. The molecule has 25 heavy (non-hydrogen) atoms. The first-order chi connectivity index (χ1) is 11.6. The number of nitrogens with zero attached hydrogens (tertiary/aromatic N) is 1. The van der Waals surface area contributed by atoms with Crippen molar-refractivity contribution in [2.75, 3.05) is 0 Å². The van der Waals surface area contributed by atoms with E-state index in [1.807, 2.05) is 27.7 Å². The topological polar surface area (TPSA) is 40.5 Å². The van der Waals surface area contributed by atoms with Crippen molar-refractivity contribution in [3.05, 3.63) is 63.3 Å². The Morgan fingerprint density at radius 1 is 1.12 bits per heavy atom. The predicted molar refractivity (Wildman–Crippen MR) is 96.9 cm³/mol. The van der Waals surface area contributed by atoms with Gasteiger partial charge in [-0.1, -0.05) is 23.7 Å². The SMILES string of the molecule is CC1(C)OB(c2ccc(=O)n(Cc3ccc(Cl)cc3F)c2)OC1(C)C.